The summed E-state index contributed by atoms with van der Waals surface area (Å²) in [6.45, 7) is 2.53. The smallest absolute Gasteiger partial charge is 0.182 e. The van der Waals surface area contributed by atoms with Gasteiger partial charge in [-0.1, -0.05) is 46.4 Å². The lowest BCUT2D eigenvalue weighted by atomic mass is 10.3. The third-order valence-corrected chi connectivity index (χ3v) is 4.44. The Bertz CT molecular complexity index is 864. The molecule has 3 rings (SSSR count). The minimum absolute atomic E-state index is 0.0866. The van der Waals surface area contributed by atoms with Crippen LogP contribution in [0.1, 0.15) is 6.92 Å². The van der Waals surface area contributed by atoms with Gasteiger partial charge in [0, 0.05) is 5.69 Å². The quantitative estimate of drug-likeness (QED) is 0.639. The molecular formula is C14H10Cl4N4O. The number of hydrogen-bond acceptors (Lipinski definition) is 4. The van der Waals surface area contributed by atoms with Gasteiger partial charge in [0.1, 0.15) is 16.5 Å². The van der Waals surface area contributed by atoms with Crippen molar-refractivity contribution in [3.63, 3.8) is 0 Å². The van der Waals surface area contributed by atoms with Crippen molar-refractivity contribution in [2.45, 2.75) is 6.92 Å². The highest BCUT2D eigenvalue weighted by atomic mass is 35.5. The molecule has 3 aromatic rings. The molecule has 0 fully saturated rings. The lowest BCUT2D eigenvalue weighted by Gasteiger charge is -2.11. The Labute approximate surface area is 152 Å². The van der Waals surface area contributed by atoms with Crippen molar-refractivity contribution in [3.8, 4) is 5.75 Å². The van der Waals surface area contributed by atoms with E-state index in [0.29, 0.717) is 17.9 Å². The first-order valence-electron chi connectivity index (χ1n) is 6.60. The molecule has 0 saturated heterocycles. The summed E-state index contributed by atoms with van der Waals surface area (Å²) in [7, 11) is 0. The molecule has 5 nitrogen and oxygen atoms in total. The van der Waals surface area contributed by atoms with E-state index in [1.807, 2.05) is 31.2 Å². The number of nitrogens with zero attached hydrogens (tertiary/aromatic N) is 3. The highest BCUT2D eigenvalue weighted by Crippen LogP contribution is 2.36. The van der Waals surface area contributed by atoms with E-state index in [0.717, 1.165) is 11.4 Å². The van der Waals surface area contributed by atoms with Crippen molar-refractivity contribution in [2.24, 2.45) is 0 Å². The molecule has 0 aliphatic heterocycles. The standard InChI is InChI=1S/C14H10Cl4N4O/c1-2-23-8-5-3-7(4-6-8)19-10-9(15)11(16)21-22-13(18)12(17)20-14(10)22/h3-6,19H,2H2,1H3. The van der Waals surface area contributed by atoms with Crippen molar-refractivity contribution < 1.29 is 4.74 Å². The number of fused-ring (bicyclic) bond motifs is 1. The molecule has 0 spiro atoms. The molecule has 1 N–H and O–H groups in total. The molecule has 0 saturated carbocycles. The van der Waals surface area contributed by atoms with Crippen LogP contribution in [-0.4, -0.2) is 21.2 Å². The van der Waals surface area contributed by atoms with Crippen LogP contribution in [0.4, 0.5) is 11.4 Å². The molecule has 0 amide bonds. The van der Waals surface area contributed by atoms with Gasteiger partial charge >= 0.3 is 0 Å². The first-order chi connectivity index (χ1) is 11.0. The molecule has 9 heteroatoms. The molecule has 0 unspecified atom stereocenters. The van der Waals surface area contributed by atoms with Gasteiger partial charge in [-0.25, -0.2) is 4.98 Å². The van der Waals surface area contributed by atoms with Crippen molar-refractivity contribution in [1.29, 1.82) is 0 Å². The number of nitrogens with one attached hydrogen (secondary N) is 1. The van der Waals surface area contributed by atoms with E-state index in [2.05, 4.69) is 15.4 Å². The fourth-order valence-corrected chi connectivity index (χ4v) is 2.67. The predicted molar refractivity (Wildman–Crippen MR) is 93.9 cm³/mol. The van der Waals surface area contributed by atoms with Gasteiger partial charge < -0.3 is 10.1 Å². The van der Waals surface area contributed by atoms with Gasteiger partial charge in [0.25, 0.3) is 0 Å². The number of imidazole rings is 1. The summed E-state index contributed by atoms with van der Waals surface area (Å²) < 4.78 is 6.74. The molecule has 120 valence electrons. The highest BCUT2D eigenvalue weighted by Gasteiger charge is 2.19. The number of anilines is 2. The number of rotatable bonds is 4. The maximum atomic E-state index is 6.24. The van der Waals surface area contributed by atoms with E-state index in [9.17, 15) is 0 Å². The maximum absolute atomic E-state index is 6.24. The molecule has 2 aromatic heterocycles. The Hall–Kier alpha value is -1.40. The fourth-order valence-electron chi connectivity index (χ4n) is 2.01. The van der Waals surface area contributed by atoms with Crippen molar-refractivity contribution in [1.82, 2.24) is 14.6 Å². The minimum Gasteiger partial charge on any atom is -0.494 e. The fraction of sp³-hybridized carbons (Fsp3) is 0.143. The van der Waals surface area contributed by atoms with E-state index >= 15 is 0 Å². The van der Waals surface area contributed by atoms with Crippen LogP contribution in [0.5, 0.6) is 5.75 Å². The largest absolute Gasteiger partial charge is 0.494 e. The average molecular weight is 392 g/mol. The highest BCUT2D eigenvalue weighted by molar-refractivity contribution is 6.44. The number of benzene rings is 1. The summed E-state index contributed by atoms with van der Waals surface area (Å²) in [5.41, 5.74) is 1.61. The van der Waals surface area contributed by atoms with Crippen LogP contribution < -0.4 is 10.1 Å². The van der Waals surface area contributed by atoms with Crippen molar-refractivity contribution in [3.05, 3.63) is 44.7 Å². The first-order valence-corrected chi connectivity index (χ1v) is 8.11. The molecule has 23 heavy (non-hydrogen) atoms. The number of hydrogen-bond donors (Lipinski definition) is 1. The summed E-state index contributed by atoms with van der Waals surface area (Å²) in [6.07, 6.45) is 0. The van der Waals surface area contributed by atoms with Crippen LogP contribution in [0.15, 0.2) is 24.3 Å². The minimum atomic E-state index is 0.0866. The molecule has 0 bridgehead atoms. The van der Waals surface area contributed by atoms with E-state index in [4.69, 9.17) is 51.1 Å². The summed E-state index contributed by atoms with van der Waals surface area (Å²) in [4.78, 5) is 4.16. The van der Waals surface area contributed by atoms with Crippen LogP contribution in [0.2, 0.25) is 20.5 Å². The van der Waals surface area contributed by atoms with E-state index < -0.39 is 0 Å². The van der Waals surface area contributed by atoms with E-state index in [1.54, 1.807) is 0 Å². The monoisotopic (exact) mass is 390 g/mol. The average Bonchev–Trinajstić information content (AvgIpc) is 2.81. The molecule has 2 heterocycles. The predicted octanol–water partition coefficient (Wildman–Crippen LogP) is 5.49. The number of halogens is 4. The van der Waals surface area contributed by atoms with Crippen LogP contribution in [0.25, 0.3) is 5.65 Å². The second-order valence-electron chi connectivity index (χ2n) is 4.49. The van der Waals surface area contributed by atoms with Crippen LogP contribution in [0.3, 0.4) is 0 Å². The molecule has 0 aliphatic carbocycles. The first kappa shape index (κ1) is 16.5. The number of aromatic nitrogens is 3. The van der Waals surface area contributed by atoms with Crippen molar-refractivity contribution in [2.75, 3.05) is 11.9 Å². The van der Waals surface area contributed by atoms with Gasteiger partial charge in [0.05, 0.1) is 6.61 Å². The second kappa shape index (κ2) is 6.61. The van der Waals surface area contributed by atoms with Gasteiger partial charge in [0.2, 0.25) is 0 Å². The van der Waals surface area contributed by atoms with Crippen LogP contribution >= 0.6 is 46.4 Å². The Balaban J connectivity index is 2.05. The topological polar surface area (TPSA) is 51.5 Å². The van der Waals surface area contributed by atoms with Gasteiger partial charge in [0.15, 0.2) is 21.1 Å². The third-order valence-electron chi connectivity index (χ3n) is 3.01. The molecule has 1 aromatic carbocycles. The zero-order chi connectivity index (χ0) is 16.6. The Morgan fingerprint density at radius 1 is 1.09 bits per heavy atom. The molecule has 0 atom stereocenters. The number of ether oxygens (including phenoxy) is 1. The normalized spacial score (nSPS) is 11.0. The van der Waals surface area contributed by atoms with Crippen molar-refractivity contribution >= 4 is 63.4 Å². The lowest BCUT2D eigenvalue weighted by molar-refractivity contribution is 0.340. The Morgan fingerprint density at radius 3 is 2.43 bits per heavy atom. The SMILES string of the molecule is CCOc1ccc(Nc2c(Cl)c(Cl)nn3c(Cl)c(Cl)nc23)cc1. The van der Waals surface area contributed by atoms with E-state index in [-0.39, 0.29) is 20.5 Å². The molecule has 0 radical (unpaired) electrons. The second-order valence-corrected chi connectivity index (χ2v) is 5.94. The summed E-state index contributed by atoms with van der Waals surface area (Å²) in [6, 6.07) is 7.37. The summed E-state index contributed by atoms with van der Waals surface area (Å²) in [5, 5.41) is 7.80. The van der Waals surface area contributed by atoms with Gasteiger partial charge in [-0.15, -0.1) is 0 Å². The lowest BCUT2D eigenvalue weighted by Crippen LogP contribution is -2.00. The summed E-state index contributed by atoms with van der Waals surface area (Å²) in [5.74, 6) is 0.772. The maximum Gasteiger partial charge on any atom is 0.182 e. The van der Waals surface area contributed by atoms with Gasteiger partial charge in [-0.2, -0.15) is 9.61 Å². The molecule has 0 aliphatic rings. The zero-order valence-electron chi connectivity index (χ0n) is 11.8. The van der Waals surface area contributed by atoms with E-state index in [1.165, 1.54) is 4.52 Å². The summed E-state index contributed by atoms with van der Waals surface area (Å²) >= 11 is 24.3. The Kier molecular flexibility index (Phi) is 4.73. The molecular weight excluding hydrogens is 382 g/mol. The van der Waals surface area contributed by atoms with Crippen LogP contribution in [0, 0.1) is 0 Å². The third kappa shape index (κ3) is 3.15. The zero-order valence-corrected chi connectivity index (χ0v) is 14.8. The van der Waals surface area contributed by atoms with Crippen LogP contribution in [-0.2, 0) is 0 Å². The van der Waals surface area contributed by atoms with Gasteiger partial charge in [-0.3, -0.25) is 0 Å². The Morgan fingerprint density at radius 2 is 1.78 bits per heavy atom. The van der Waals surface area contributed by atoms with Gasteiger partial charge in [-0.05, 0) is 31.2 Å².